The number of hydrogen-bond donors (Lipinski definition) is 0. The second kappa shape index (κ2) is 19.2. The molecule has 2 aliphatic rings. The molecule has 0 fully saturated rings. The first-order valence-corrected chi connectivity index (χ1v) is 31.7. The molecule has 0 amide bonds. The molecule has 0 aliphatic heterocycles. The fourth-order valence-corrected chi connectivity index (χ4v) is 15.1. The van der Waals surface area contributed by atoms with Gasteiger partial charge in [0.2, 0.25) is 0 Å². The summed E-state index contributed by atoms with van der Waals surface area (Å²) in [5.74, 6) is 0. The Hall–Kier alpha value is -9.64. The summed E-state index contributed by atoms with van der Waals surface area (Å²) < 4.78 is 14.7. The van der Waals surface area contributed by atoms with Gasteiger partial charge in [-0.1, -0.05) is 229 Å². The fraction of sp³-hybridized carbons (Fsp3) is 0.200. The summed E-state index contributed by atoms with van der Waals surface area (Å²) in [6, 6.07) is 87.4. The molecular formula is C85H74N2O2. The molecule has 4 nitrogen and oxygen atoms in total. The third-order valence-electron chi connectivity index (χ3n) is 19.7. The number of rotatable bonds is 6. The van der Waals surface area contributed by atoms with Crippen LogP contribution in [-0.2, 0) is 27.1 Å². The third kappa shape index (κ3) is 8.18. The summed E-state index contributed by atoms with van der Waals surface area (Å²) >= 11 is 0. The van der Waals surface area contributed by atoms with Gasteiger partial charge in [0, 0.05) is 55.1 Å². The summed E-state index contributed by atoms with van der Waals surface area (Å²) in [6.45, 7) is 27.6. The molecular weight excluding hydrogens is 1080 g/mol. The van der Waals surface area contributed by atoms with Gasteiger partial charge < -0.3 is 18.6 Å². The molecule has 436 valence electrons. The quantitative estimate of drug-likeness (QED) is 0.166. The highest BCUT2D eigenvalue weighted by molar-refractivity contribution is 6.29. The van der Waals surface area contributed by atoms with Crippen LogP contribution in [0, 0.1) is 0 Å². The molecule has 0 N–H and O–H groups in total. The van der Waals surface area contributed by atoms with E-state index in [9.17, 15) is 0 Å². The molecule has 2 aliphatic carbocycles. The highest BCUT2D eigenvalue weighted by Crippen LogP contribution is 2.68. The van der Waals surface area contributed by atoms with E-state index >= 15 is 0 Å². The lowest BCUT2D eigenvalue weighted by atomic mass is 9.70. The van der Waals surface area contributed by atoms with Crippen molar-refractivity contribution in [3.8, 4) is 22.3 Å². The lowest BCUT2D eigenvalue weighted by Gasteiger charge is -2.34. The molecule has 89 heavy (non-hydrogen) atoms. The molecule has 1 spiro atoms. The van der Waals surface area contributed by atoms with E-state index in [0.717, 1.165) is 99.5 Å². The minimum Gasteiger partial charge on any atom is -0.455 e. The van der Waals surface area contributed by atoms with Crippen molar-refractivity contribution in [1.82, 2.24) is 0 Å². The van der Waals surface area contributed by atoms with Crippen LogP contribution in [0.4, 0.5) is 34.1 Å². The molecule has 0 saturated carbocycles. The van der Waals surface area contributed by atoms with Crippen LogP contribution in [0.25, 0.3) is 87.7 Å². The Balaban J connectivity index is 1.11. The van der Waals surface area contributed by atoms with E-state index < -0.39 is 5.41 Å². The fourth-order valence-electron chi connectivity index (χ4n) is 15.1. The normalized spacial score (nSPS) is 13.7. The SMILES string of the molecule is CC(C)(C)c1ccc(N(c2ccc(C(C)(C)C)cc2)c2cc3c(c4ccc5c6ccccc6oc5c24)-c2c(cc(N(c4ccc(C(C)(C)C)cc4)c4ccc(C(C)(C)C)cc4)c4c2ccc2c5ccccc5oc24)C32c3ccccc3-c3ccccc32)cc1. The number of anilines is 6. The molecule has 0 bridgehead atoms. The van der Waals surface area contributed by atoms with E-state index in [0.29, 0.717) is 0 Å². The minimum absolute atomic E-state index is 0.0449. The van der Waals surface area contributed by atoms with Gasteiger partial charge in [0.25, 0.3) is 0 Å². The first kappa shape index (κ1) is 54.7. The van der Waals surface area contributed by atoms with E-state index in [1.54, 1.807) is 0 Å². The van der Waals surface area contributed by atoms with Gasteiger partial charge in [0.1, 0.15) is 22.3 Å². The van der Waals surface area contributed by atoms with E-state index in [4.69, 9.17) is 8.83 Å². The second-order valence-corrected chi connectivity index (χ2v) is 29.3. The average Bonchev–Trinajstić information content (AvgIpc) is 1.50. The van der Waals surface area contributed by atoms with Crippen molar-refractivity contribution in [2.24, 2.45) is 0 Å². The van der Waals surface area contributed by atoms with Gasteiger partial charge in [-0.25, -0.2) is 0 Å². The number of fused-ring (bicyclic) bond motifs is 22. The van der Waals surface area contributed by atoms with E-state index in [2.05, 4.69) is 323 Å². The Labute approximate surface area is 522 Å². The minimum atomic E-state index is -0.814. The Morgan fingerprint density at radius 3 is 0.899 bits per heavy atom. The lowest BCUT2D eigenvalue weighted by Crippen LogP contribution is -2.27. The monoisotopic (exact) mass is 1150 g/mol. The van der Waals surface area contributed by atoms with Gasteiger partial charge in [-0.05, 0) is 184 Å². The van der Waals surface area contributed by atoms with E-state index in [1.165, 1.54) is 66.8 Å². The zero-order valence-electron chi connectivity index (χ0n) is 53.2. The molecule has 0 unspecified atom stereocenters. The Kier molecular flexibility index (Phi) is 11.8. The summed E-state index contributed by atoms with van der Waals surface area (Å²) in [4.78, 5) is 5.03. The summed E-state index contributed by atoms with van der Waals surface area (Å²) in [6.07, 6.45) is 0. The van der Waals surface area contributed by atoms with Crippen molar-refractivity contribution in [2.75, 3.05) is 9.80 Å². The van der Waals surface area contributed by atoms with Crippen molar-refractivity contribution < 1.29 is 8.83 Å². The van der Waals surface area contributed by atoms with Crippen LogP contribution in [0.1, 0.15) is 128 Å². The second-order valence-electron chi connectivity index (χ2n) is 29.3. The van der Waals surface area contributed by atoms with E-state index in [-0.39, 0.29) is 21.7 Å². The van der Waals surface area contributed by atoms with Gasteiger partial charge in [-0.3, -0.25) is 0 Å². The maximum absolute atomic E-state index is 7.37. The molecule has 12 aromatic carbocycles. The highest BCUT2D eigenvalue weighted by Gasteiger charge is 2.54. The van der Waals surface area contributed by atoms with Crippen molar-refractivity contribution >= 4 is 99.5 Å². The predicted molar refractivity (Wildman–Crippen MR) is 376 cm³/mol. The maximum Gasteiger partial charge on any atom is 0.145 e. The van der Waals surface area contributed by atoms with Crippen molar-refractivity contribution in [2.45, 2.75) is 110 Å². The van der Waals surface area contributed by atoms with Crippen LogP contribution in [0.3, 0.4) is 0 Å². The molecule has 2 heterocycles. The van der Waals surface area contributed by atoms with Crippen LogP contribution < -0.4 is 9.80 Å². The molecule has 14 aromatic rings. The maximum atomic E-state index is 7.37. The largest absolute Gasteiger partial charge is 0.455 e. The first-order valence-electron chi connectivity index (χ1n) is 31.7. The number of nitrogens with zero attached hydrogens (tertiary/aromatic N) is 2. The molecule has 0 radical (unpaired) electrons. The number of para-hydroxylation sites is 2. The third-order valence-corrected chi connectivity index (χ3v) is 19.7. The molecule has 0 saturated heterocycles. The highest BCUT2D eigenvalue weighted by atomic mass is 16.3. The smallest absolute Gasteiger partial charge is 0.145 e. The van der Waals surface area contributed by atoms with Gasteiger partial charge in [-0.2, -0.15) is 0 Å². The van der Waals surface area contributed by atoms with Gasteiger partial charge in [0.05, 0.1) is 16.8 Å². The predicted octanol–water partition coefficient (Wildman–Crippen LogP) is 24.3. The van der Waals surface area contributed by atoms with Gasteiger partial charge in [-0.15, -0.1) is 0 Å². The Bertz CT molecular complexity index is 4760. The van der Waals surface area contributed by atoms with Crippen molar-refractivity contribution in [1.29, 1.82) is 0 Å². The zero-order valence-corrected chi connectivity index (χ0v) is 53.2. The molecule has 2 aromatic heterocycles. The van der Waals surface area contributed by atoms with Crippen LogP contribution in [0.2, 0.25) is 0 Å². The molecule has 16 rings (SSSR count). The van der Waals surface area contributed by atoms with Gasteiger partial charge in [0.15, 0.2) is 0 Å². The van der Waals surface area contributed by atoms with E-state index in [1.807, 2.05) is 0 Å². The van der Waals surface area contributed by atoms with Gasteiger partial charge >= 0.3 is 0 Å². The molecule has 4 heteroatoms. The van der Waals surface area contributed by atoms with Crippen LogP contribution in [0.15, 0.2) is 239 Å². The Morgan fingerprint density at radius 1 is 0.281 bits per heavy atom. The Morgan fingerprint density at radius 2 is 0.573 bits per heavy atom. The standard InChI is InChI=1S/C85H74N2O2/c1-81(2,3)51-29-37-55(38-30-51)86(56-39-31-52(32-40-56)82(4,5)6)71-49-69-75(65-47-45-63-61-23-15-19-27-73(61)88-79(63)77(65)71)76-66-48-46-64-62-24-16-20-28-74(62)89-80(64)78(66)72(50-70(76)85(69)67-25-17-13-21-59(67)60-22-14-18-26-68(60)85)87(57-41-33-53(34-42-57)83(7,8)9)58-43-35-54(36-44-58)84(10,11)12/h13-50H,1-12H3. The van der Waals surface area contributed by atoms with Crippen LogP contribution >= 0.6 is 0 Å². The van der Waals surface area contributed by atoms with Crippen LogP contribution in [-0.4, -0.2) is 0 Å². The summed E-state index contributed by atoms with van der Waals surface area (Å²) in [5, 5.41) is 8.71. The topological polar surface area (TPSA) is 32.8 Å². The average molecular weight is 1160 g/mol. The van der Waals surface area contributed by atoms with Crippen molar-refractivity contribution in [3.63, 3.8) is 0 Å². The number of furan rings is 2. The zero-order chi connectivity index (χ0) is 61.3. The summed E-state index contributed by atoms with van der Waals surface area (Å²) in [7, 11) is 0. The lowest BCUT2D eigenvalue weighted by molar-refractivity contribution is 0.590. The van der Waals surface area contributed by atoms with Crippen LogP contribution in [0.5, 0.6) is 0 Å². The summed E-state index contributed by atoms with van der Waals surface area (Å²) in [5.41, 5.74) is 23.8. The number of benzene rings is 12. The first-order chi connectivity index (χ1) is 42.7. The van der Waals surface area contributed by atoms with Crippen molar-refractivity contribution in [3.05, 3.63) is 275 Å². The number of hydrogen-bond acceptors (Lipinski definition) is 4. The molecule has 0 atom stereocenters.